The highest BCUT2D eigenvalue weighted by atomic mass is 16.3. The van der Waals surface area contributed by atoms with Crippen molar-refractivity contribution in [1.29, 1.82) is 0 Å². The van der Waals surface area contributed by atoms with Crippen LogP contribution in [0.5, 0.6) is 0 Å². The van der Waals surface area contributed by atoms with Crippen molar-refractivity contribution in [3.63, 3.8) is 0 Å². The Morgan fingerprint density at radius 1 is 1.16 bits per heavy atom. The van der Waals surface area contributed by atoms with E-state index in [2.05, 4.69) is 37.9 Å². The zero-order valence-electron chi connectivity index (χ0n) is 13.5. The zero-order valence-corrected chi connectivity index (χ0v) is 13.5. The number of likely N-dealkylation sites (N-methyl/N-ethyl adjacent to an activating group) is 1. The minimum atomic E-state index is 0.193. The van der Waals surface area contributed by atoms with Gasteiger partial charge < -0.3 is 15.3 Å². The van der Waals surface area contributed by atoms with E-state index >= 15 is 0 Å². The van der Waals surface area contributed by atoms with Crippen molar-refractivity contribution in [2.45, 2.75) is 65.3 Å². The summed E-state index contributed by atoms with van der Waals surface area (Å²) in [7, 11) is 0. The number of rotatable bonds is 7. The second-order valence-corrected chi connectivity index (χ2v) is 7.26. The third kappa shape index (κ3) is 6.24. The van der Waals surface area contributed by atoms with Crippen LogP contribution in [-0.4, -0.2) is 48.3 Å². The lowest BCUT2D eigenvalue weighted by molar-refractivity contribution is 0.0861. The van der Waals surface area contributed by atoms with Gasteiger partial charge in [0.1, 0.15) is 0 Å². The van der Waals surface area contributed by atoms with Crippen molar-refractivity contribution in [2.75, 3.05) is 32.8 Å². The van der Waals surface area contributed by atoms with Crippen LogP contribution in [0.2, 0.25) is 0 Å². The second-order valence-electron chi connectivity index (χ2n) is 7.26. The van der Waals surface area contributed by atoms with Gasteiger partial charge in [-0.05, 0) is 45.6 Å². The van der Waals surface area contributed by atoms with Gasteiger partial charge in [-0.15, -0.1) is 0 Å². The number of aliphatic hydroxyl groups excluding tert-OH is 1. The molecule has 0 heterocycles. The highest BCUT2D eigenvalue weighted by Gasteiger charge is 2.34. The maximum Gasteiger partial charge on any atom is 0.0558 e. The number of hydrogen-bond acceptors (Lipinski definition) is 3. The molecule has 0 aromatic carbocycles. The minimum absolute atomic E-state index is 0.193. The van der Waals surface area contributed by atoms with Crippen LogP contribution in [0.4, 0.5) is 0 Å². The van der Waals surface area contributed by atoms with Crippen LogP contribution in [-0.2, 0) is 0 Å². The Hall–Kier alpha value is -0.120. The molecule has 0 saturated heterocycles. The predicted molar refractivity (Wildman–Crippen MR) is 82.5 cm³/mol. The van der Waals surface area contributed by atoms with E-state index in [-0.39, 0.29) is 12.1 Å². The highest BCUT2D eigenvalue weighted by molar-refractivity contribution is 4.89. The molecule has 0 atom stereocenters. The Morgan fingerprint density at radius 2 is 1.79 bits per heavy atom. The fraction of sp³-hybridized carbons (Fsp3) is 1.00. The van der Waals surface area contributed by atoms with Gasteiger partial charge >= 0.3 is 0 Å². The first-order valence-electron chi connectivity index (χ1n) is 7.99. The van der Waals surface area contributed by atoms with E-state index in [1.807, 2.05) is 0 Å². The molecule has 3 nitrogen and oxygen atoms in total. The van der Waals surface area contributed by atoms with E-state index in [1.54, 1.807) is 0 Å². The molecular formula is C16H34N2O. The number of aliphatic hydroxyl groups is 1. The van der Waals surface area contributed by atoms with Gasteiger partial charge in [-0.2, -0.15) is 0 Å². The molecule has 0 aliphatic heterocycles. The Bertz CT molecular complexity index is 242. The molecule has 0 radical (unpaired) electrons. The van der Waals surface area contributed by atoms with Crippen molar-refractivity contribution in [2.24, 2.45) is 5.41 Å². The van der Waals surface area contributed by atoms with Crippen molar-refractivity contribution in [1.82, 2.24) is 10.2 Å². The lowest BCUT2D eigenvalue weighted by atomic mass is 9.73. The van der Waals surface area contributed by atoms with Crippen LogP contribution >= 0.6 is 0 Å². The van der Waals surface area contributed by atoms with Gasteiger partial charge in [0, 0.05) is 25.2 Å². The minimum Gasteiger partial charge on any atom is -0.395 e. The summed E-state index contributed by atoms with van der Waals surface area (Å²) < 4.78 is 0. The summed E-state index contributed by atoms with van der Waals surface area (Å²) >= 11 is 0. The van der Waals surface area contributed by atoms with E-state index in [1.165, 1.54) is 32.1 Å². The number of hydrogen-bond donors (Lipinski definition) is 2. The molecule has 0 amide bonds. The van der Waals surface area contributed by atoms with E-state index in [0.717, 1.165) is 26.2 Å². The number of nitrogens with one attached hydrogen (secondary N) is 1. The molecule has 19 heavy (non-hydrogen) atoms. The molecule has 0 aromatic heterocycles. The van der Waals surface area contributed by atoms with Gasteiger partial charge in [-0.1, -0.05) is 26.2 Å². The molecule has 3 heteroatoms. The first-order chi connectivity index (χ1) is 8.91. The fourth-order valence-electron chi connectivity index (χ4n) is 3.11. The maximum atomic E-state index is 9.18. The van der Waals surface area contributed by atoms with Crippen LogP contribution in [0, 0.1) is 5.41 Å². The van der Waals surface area contributed by atoms with Crippen molar-refractivity contribution < 1.29 is 5.11 Å². The predicted octanol–water partition coefficient (Wildman–Crippen LogP) is 2.64. The Kier molecular flexibility index (Phi) is 6.78. The molecule has 1 saturated carbocycles. The molecular weight excluding hydrogens is 236 g/mol. The second kappa shape index (κ2) is 7.61. The topological polar surface area (TPSA) is 35.5 Å². The highest BCUT2D eigenvalue weighted by Crippen LogP contribution is 2.37. The van der Waals surface area contributed by atoms with Gasteiger partial charge in [-0.25, -0.2) is 0 Å². The van der Waals surface area contributed by atoms with Crippen LogP contribution in [0.1, 0.15) is 59.8 Å². The molecule has 0 unspecified atom stereocenters. The largest absolute Gasteiger partial charge is 0.395 e. The maximum absolute atomic E-state index is 9.18. The lowest BCUT2D eigenvalue weighted by Crippen LogP contribution is -2.50. The van der Waals surface area contributed by atoms with Crippen LogP contribution in [0.3, 0.4) is 0 Å². The molecule has 1 fully saturated rings. The van der Waals surface area contributed by atoms with Gasteiger partial charge in [-0.3, -0.25) is 0 Å². The van der Waals surface area contributed by atoms with E-state index in [9.17, 15) is 5.11 Å². The fourth-order valence-corrected chi connectivity index (χ4v) is 3.11. The molecule has 0 aromatic rings. The SMILES string of the molecule is CCN(CCO)CC1(CNC(C)(C)C)CCCCC1. The van der Waals surface area contributed by atoms with E-state index in [4.69, 9.17) is 0 Å². The molecule has 0 bridgehead atoms. The summed E-state index contributed by atoms with van der Waals surface area (Å²) in [6.07, 6.45) is 6.78. The summed E-state index contributed by atoms with van der Waals surface area (Å²) in [4.78, 5) is 2.41. The molecule has 114 valence electrons. The van der Waals surface area contributed by atoms with Gasteiger partial charge in [0.15, 0.2) is 0 Å². The van der Waals surface area contributed by atoms with Gasteiger partial charge in [0.25, 0.3) is 0 Å². The van der Waals surface area contributed by atoms with E-state index < -0.39 is 0 Å². The average Bonchev–Trinajstić information content (AvgIpc) is 2.36. The molecule has 1 rings (SSSR count). The average molecular weight is 270 g/mol. The van der Waals surface area contributed by atoms with Crippen molar-refractivity contribution in [3.8, 4) is 0 Å². The summed E-state index contributed by atoms with van der Waals surface area (Å²) in [5, 5.41) is 12.9. The summed E-state index contributed by atoms with van der Waals surface area (Å²) in [6.45, 7) is 13.3. The standard InChI is InChI=1S/C16H34N2O/c1-5-18(11-12-19)14-16(9-7-6-8-10-16)13-17-15(2,3)4/h17,19H,5-14H2,1-4H3. The first kappa shape index (κ1) is 16.9. The first-order valence-corrected chi connectivity index (χ1v) is 7.99. The summed E-state index contributed by atoms with van der Waals surface area (Å²) in [6, 6.07) is 0. The third-order valence-corrected chi connectivity index (χ3v) is 4.33. The van der Waals surface area contributed by atoms with Crippen molar-refractivity contribution >= 4 is 0 Å². The molecule has 1 aliphatic rings. The summed E-state index contributed by atoms with van der Waals surface area (Å²) in [5.74, 6) is 0. The van der Waals surface area contributed by atoms with Gasteiger partial charge in [0.05, 0.1) is 6.61 Å². The van der Waals surface area contributed by atoms with E-state index in [0.29, 0.717) is 5.41 Å². The number of nitrogens with zero attached hydrogens (tertiary/aromatic N) is 1. The van der Waals surface area contributed by atoms with Crippen molar-refractivity contribution in [3.05, 3.63) is 0 Å². The molecule has 1 aliphatic carbocycles. The lowest BCUT2D eigenvalue weighted by Gasteiger charge is -2.42. The van der Waals surface area contributed by atoms with Crippen LogP contribution in [0.25, 0.3) is 0 Å². The molecule has 2 N–H and O–H groups in total. The smallest absolute Gasteiger partial charge is 0.0558 e. The van der Waals surface area contributed by atoms with Gasteiger partial charge in [0.2, 0.25) is 0 Å². The third-order valence-electron chi connectivity index (χ3n) is 4.33. The summed E-state index contributed by atoms with van der Waals surface area (Å²) in [5.41, 5.74) is 0.606. The molecule has 0 spiro atoms. The monoisotopic (exact) mass is 270 g/mol. The Morgan fingerprint density at radius 3 is 2.26 bits per heavy atom. The quantitative estimate of drug-likeness (QED) is 0.746. The normalized spacial score (nSPS) is 19.9. The van der Waals surface area contributed by atoms with Crippen LogP contribution < -0.4 is 5.32 Å². The Balaban J connectivity index is 2.63. The zero-order chi connectivity index (χ0) is 14.4. The van der Waals surface area contributed by atoms with Crippen LogP contribution in [0.15, 0.2) is 0 Å². The Labute approximate surface area is 119 Å².